The number of nitrogens with one attached hydrogen (secondary N) is 1. The van der Waals surface area contributed by atoms with Gasteiger partial charge in [-0.25, -0.2) is 0 Å². The molecular formula is C5H11NOS. The van der Waals surface area contributed by atoms with E-state index in [9.17, 15) is 0 Å². The molecule has 1 aliphatic heterocycles. The van der Waals surface area contributed by atoms with Crippen molar-refractivity contribution in [1.29, 1.82) is 0 Å². The van der Waals surface area contributed by atoms with Crippen molar-refractivity contribution in [2.75, 3.05) is 25.5 Å². The maximum absolute atomic E-state index is 5.16. The van der Waals surface area contributed by atoms with Crippen LogP contribution in [-0.2, 0) is 4.74 Å². The van der Waals surface area contributed by atoms with E-state index in [1.807, 2.05) is 0 Å². The number of morpholine rings is 1. The quantitative estimate of drug-likeness (QED) is 0.488. The SMILES string of the molecule is SCC1COCCN1. The molecule has 0 aromatic heterocycles. The van der Waals surface area contributed by atoms with Gasteiger partial charge in [-0.2, -0.15) is 12.6 Å². The van der Waals surface area contributed by atoms with Crippen molar-refractivity contribution in [2.24, 2.45) is 0 Å². The molecule has 3 heteroatoms. The molecule has 0 amide bonds. The minimum atomic E-state index is 0.479. The van der Waals surface area contributed by atoms with E-state index in [2.05, 4.69) is 17.9 Å². The Morgan fingerprint density at radius 1 is 1.75 bits per heavy atom. The lowest BCUT2D eigenvalue weighted by Gasteiger charge is -2.21. The van der Waals surface area contributed by atoms with Gasteiger partial charge in [-0.15, -0.1) is 0 Å². The minimum Gasteiger partial charge on any atom is -0.378 e. The van der Waals surface area contributed by atoms with Gasteiger partial charge in [0, 0.05) is 18.3 Å². The highest BCUT2D eigenvalue weighted by atomic mass is 32.1. The lowest BCUT2D eigenvalue weighted by atomic mass is 10.3. The zero-order valence-electron chi connectivity index (χ0n) is 4.76. The van der Waals surface area contributed by atoms with E-state index in [4.69, 9.17) is 4.74 Å². The van der Waals surface area contributed by atoms with Crippen molar-refractivity contribution in [3.63, 3.8) is 0 Å². The van der Waals surface area contributed by atoms with Crippen molar-refractivity contribution < 1.29 is 4.74 Å². The lowest BCUT2D eigenvalue weighted by Crippen LogP contribution is -2.42. The van der Waals surface area contributed by atoms with E-state index in [-0.39, 0.29) is 0 Å². The summed E-state index contributed by atoms with van der Waals surface area (Å²) in [7, 11) is 0. The molecule has 0 spiro atoms. The second-order valence-electron chi connectivity index (χ2n) is 1.91. The average Bonchev–Trinajstić information content (AvgIpc) is 1.90. The van der Waals surface area contributed by atoms with E-state index in [0.717, 1.165) is 25.5 Å². The molecule has 1 aliphatic rings. The van der Waals surface area contributed by atoms with Gasteiger partial charge < -0.3 is 10.1 Å². The lowest BCUT2D eigenvalue weighted by molar-refractivity contribution is 0.0838. The summed E-state index contributed by atoms with van der Waals surface area (Å²) in [5.41, 5.74) is 0. The predicted molar refractivity (Wildman–Crippen MR) is 36.5 cm³/mol. The summed E-state index contributed by atoms with van der Waals surface area (Å²) in [4.78, 5) is 0. The first kappa shape index (κ1) is 6.39. The van der Waals surface area contributed by atoms with Crippen LogP contribution in [0.1, 0.15) is 0 Å². The van der Waals surface area contributed by atoms with Gasteiger partial charge in [0.25, 0.3) is 0 Å². The maximum Gasteiger partial charge on any atom is 0.0628 e. The van der Waals surface area contributed by atoms with Crippen molar-refractivity contribution in [2.45, 2.75) is 6.04 Å². The van der Waals surface area contributed by atoms with Gasteiger partial charge in [-0.3, -0.25) is 0 Å². The third kappa shape index (κ3) is 1.65. The number of ether oxygens (including phenoxy) is 1. The molecule has 1 atom stereocenters. The molecule has 0 radical (unpaired) electrons. The summed E-state index contributed by atoms with van der Waals surface area (Å²) in [6.07, 6.45) is 0. The second-order valence-corrected chi connectivity index (χ2v) is 2.27. The first-order chi connectivity index (χ1) is 3.93. The fraction of sp³-hybridized carbons (Fsp3) is 1.00. The van der Waals surface area contributed by atoms with Crippen LogP contribution in [0.3, 0.4) is 0 Å². The van der Waals surface area contributed by atoms with E-state index in [1.165, 1.54) is 0 Å². The van der Waals surface area contributed by atoms with Crippen LogP contribution in [0, 0.1) is 0 Å². The van der Waals surface area contributed by atoms with Crippen LogP contribution >= 0.6 is 12.6 Å². The number of thiol groups is 1. The summed E-state index contributed by atoms with van der Waals surface area (Å²) in [6.45, 7) is 2.65. The Kier molecular flexibility index (Phi) is 2.66. The average molecular weight is 133 g/mol. The molecule has 1 N–H and O–H groups in total. The normalized spacial score (nSPS) is 30.4. The molecule has 1 fully saturated rings. The monoisotopic (exact) mass is 133 g/mol. The van der Waals surface area contributed by atoms with Gasteiger partial charge in [0.2, 0.25) is 0 Å². The van der Waals surface area contributed by atoms with Gasteiger partial charge in [0.1, 0.15) is 0 Å². The van der Waals surface area contributed by atoms with E-state index < -0.39 is 0 Å². The first-order valence-corrected chi connectivity index (χ1v) is 3.48. The third-order valence-corrected chi connectivity index (χ3v) is 1.66. The maximum atomic E-state index is 5.16. The second kappa shape index (κ2) is 3.33. The summed E-state index contributed by atoms with van der Waals surface area (Å²) >= 11 is 4.12. The molecule has 0 aromatic rings. The molecule has 0 bridgehead atoms. The van der Waals surface area contributed by atoms with Crippen LogP contribution in [-0.4, -0.2) is 31.6 Å². The molecular weight excluding hydrogens is 122 g/mol. The van der Waals surface area contributed by atoms with Gasteiger partial charge in [0.15, 0.2) is 0 Å². The summed E-state index contributed by atoms with van der Waals surface area (Å²) in [6, 6.07) is 0.479. The van der Waals surface area contributed by atoms with Crippen molar-refractivity contribution >= 4 is 12.6 Å². The molecule has 1 saturated heterocycles. The minimum absolute atomic E-state index is 0.479. The Bertz CT molecular complexity index is 63.4. The fourth-order valence-electron chi connectivity index (χ4n) is 0.737. The Morgan fingerprint density at radius 2 is 2.62 bits per heavy atom. The molecule has 1 unspecified atom stereocenters. The van der Waals surface area contributed by atoms with Gasteiger partial charge in [-0.05, 0) is 0 Å². The predicted octanol–water partition coefficient (Wildman–Crippen LogP) is -0.0954. The highest BCUT2D eigenvalue weighted by Crippen LogP contribution is 1.93. The van der Waals surface area contributed by atoms with E-state index in [1.54, 1.807) is 0 Å². The molecule has 8 heavy (non-hydrogen) atoms. The van der Waals surface area contributed by atoms with Gasteiger partial charge in [-0.1, -0.05) is 0 Å². The van der Waals surface area contributed by atoms with Crippen LogP contribution in [0.5, 0.6) is 0 Å². The Balaban J connectivity index is 2.13. The highest BCUT2D eigenvalue weighted by molar-refractivity contribution is 7.80. The molecule has 1 heterocycles. The number of rotatable bonds is 1. The molecule has 0 aromatic carbocycles. The summed E-state index contributed by atoms with van der Waals surface area (Å²) in [5.74, 6) is 0.875. The van der Waals surface area contributed by atoms with Gasteiger partial charge in [0.05, 0.1) is 13.2 Å². The standard InChI is InChI=1S/C5H11NOS/c8-4-5-3-7-2-1-6-5/h5-6,8H,1-4H2. The zero-order valence-corrected chi connectivity index (χ0v) is 5.66. The van der Waals surface area contributed by atoms with Crippen molar-refractivity contribution in [3.8, 4) is 0 Å². The van der Waals surface area contributed by atoms with Crippen LogP contribution in [0.4, 0.5) is 0 Å². The van der Waals surface area contributed by atoms with E-state index in [0.29, 0.717) is 6.04 Å². The van der Waals surface area contributed by atoms with Crippen molar-refractivity contribution in [3.05, 3.63) is 0 Å². The summed E-state index contributed by atoms with van der Waals surface area (Å²) < 4.78 is 5.16. The van der Waals surface area contributed by atoms with Crippen molar-refractivity contribution in [1.82, 2.24) is 5.32 Å². The Hall–Kier alpha value is 0.270. The van der Waals surface area contributed by atoms with Crippen LogP contribution in [0.25, 0.3) is 0 Å². The third-order valence-electron chi connectivity index (χ3n) is 1.22. The van der Waals surface area contributed by atoms with E-state index >= 15 is 0 Å². The fourth-order valence-corrected chi connectivity index (χ4v) is 0.971. The molecule has 0 aliphatic carbocycles. The Labute approximate surface area is 55.0 Å². The number of hydrogen-bond acceptors (Lipinski definition) is 3. The first-order valence-electron chi connectivity index (χ1n) is 2.85. The molecule has 2 nitrogen and oxygen atoms in total. The molecule has 48 valence electrons. The highest BCUT2D eigenvalue weighted by Gasteiger charge is 2.09. The zero-order chi connectivity index (χ0) is 5.82. The number of hydrogen-bond donors (Lipinski definition) is 2. The van der Waals surface area contributed by atoms with Gasteiger partial charge >= 0.3 is 0 Å². The Morgan fingerprint density at radius 3 is 3.00 bits per heavy atom. The topological polar surface area (TPSA) is 21.3 Å². The smallest absolute Gasteiger partial charge is 0.0628 e. The molecule has 1 rings (SSSR count). The van der Waals surface area contributed by atoms with Crippen LogP contribution in [0.2, 0.25) is 0 Å². The van der Waals surface area contributed by atoms with Crippen LogP contribution < -0.4 is 5.32 Å². The van der Waals surface area contributed by atoms with Crippen LogP contribution in [0.15, 0.2) is 0 Å². The largest absolute Gasteiger partial charge is 0.378 e. The summed E-state index contributed by atoms with van der Waals surface area (Å²) in [5, 5.41) is 3.27. The molecule has 0 saturated carbocycles.